The summed E-state index contributed by atoms with van der Waals surface area (Å²) in [5.74, 6) is 1.53. The van der Waals surface area contributed by atoms with E-state index in [1.807, 2.05) is 4.57 Å². The van der Waals surface area contributed by atoms with E-state index >= 15 is 0 Å². The largest absolute Gasteiger partial charge is 0.392 e. The summed E-state index contributed by atoms with van der Waals surface area (Å²) in [5, 5.41) is 18.0. The molecule has 2 aromatic rings. The van der Waals surface area contributed by atoms with Crippen LogP contribution in [0.15, 0.2) is 18.6 Å². The van der Waals surface area contributed by atoms with Crippen molar-refractivity contribution in [1.82, 2.24) is 24.7 Å². The number of rotatable bonds is 3. The standard InChI is InChI=1S/C12H16N6O/c1-9(19)8-17-5-2-6-18-11(15-16-12(17)18)10-7-13-3-4-14-10/h3-4,7,9,19H,2,5-6,8H2,1H3. The van der Waals surface area contributed by atoms with E-state index in [2.05, 4.69) is 25.1 Å². The highest BCUT2D eigenvalue weighted by Crippen LogP contribution is 2.24. The van der Waals surface area contributed by atoms with Crippen molar-refractivity contribution >= 4 is 5.95 Å². The Morgan fingerprint density at radius 1 is 1.32 bits per heavy atom. The van der Waals surface area contributed by atoms with Crippen LogP contribution in [0.25, 0.3) is 11.5 Å². The van der Waals surface area contributed by atoms with Crippen LogP contribution in [-0.4, -0.2) is 49.0 Å². The number of aromatic nitrogens is 5. The Balaban J connectivity index is 1.96. The quantitative estimate of drug-likeness (QED) is 0.856. The summed E-state index contributed by atoms with van der Waals surface area (Å²) in [6.45, 7) is 4.10. The van der Waals surface area contributed by atoms with Gasteiger partial charge in [0.2, 0.25) is 5.95 Å². The van der Waals surface area contributed by atoms with Crippen LogP contribution >= 0.6 is 0 Å². The van der Waals surface area contributed by atoms with E-state index in [0.29, 0.717) is 6.54 Å². The number of hydrogen-bond donors (Lipinski definition) is 1. The first-order valence-electron chi connectivity index (χ1n) is 6.38. The van der Waals surface area contributed by atoms with Crippen molar-refractivity contribution in [2.75, 3.05) is 18.0 Å². The number of β-amino-alcohol motifs (C(OH)–C–C–N with tert-alkyl or cyclic N) is 1. The number of hydrogen-bond acceptors (Lipinski definition) is 6. The average molecular weight is 260 g/mol. The molecule has 0 radical (unpaired) electrons. The third-order valence-electron chi connectivity index (χ3n) is 3.10. The molecule has 0 fully saturated rings. The first-order valence-corrected chi connectivity index (χ1v) is 6.38. The number of fused-ring (bicyclic) bond motifs is 1. The third kappa shape index (κ3) is 2.28. The maximum Gasteiger partial charge on any atom is 0.227 e. The number of nitrogens with zero attached hydrogens (tertiary/aromatic N) is 6. The smallest absolute Gasteiger partial charge is 0.227 e. The van der Waals surface area contributed by atoms with Gasteiger partial charge in [-0.2, -0.15) is 0 Å². The van der Waals surface area contributed by atoms with Gasteiger partial charge in [-0.3, -0.25) is 9.55 Å². The molecule has 19 heavy (non-hydrogen) atoms. The second-order valence-corrected chi connectivity index (χ2v) is 4.71. The van der Waals surface area contributed by atoms with Crippen LogP contribution in [0.3, 0.4) is 0 Å². The molecule has 0 amide bonds. The zero-order valence-corrected chi connectivity index (χ0v) is 10.8. The lowest BCUT2D eigenvalue weighted by Crippen LogP contribution is -2.37. The number of aliphatic hydroxyl groups is 1. The lowest BCUT2D eigenvalue weighted by Gasteiger charge is -2.29. The molecule has 0 bridgehead atoms. The summed E-state index contributed by atoms with van der Waals surface area (Å²) in [6.07, 6.45) is 5.59. The van der Waals surface area contributed by atoms with Gasteiger partial charge in [-0.25, -0.2) is 4.98 Å². The molecule has 0 aliphatic carbocycles. The van der Waals surface area contributed by atoms with Gasteiger partial charge in [0.1, 0.15) is 5.69 Å². The molecule has 0 spiro atoms. The zero-order valence-electron chi connectivity index (χ0n) is 10.8. The molecular weight excluding hydrogens is 244 g/mol. The molecule has 100 valence electrons. The number of aliphatic hydroxyl groups excluding tert-OH is 1. The minimum absolute atomic E-state index is 0.386. The lowest BCUT2D eigenvalue weighted by molar-refractivity contribution is 0.198. The summed E-state index contributed by atoms with van der Waals surface area (Å²) in [6, 6.07) is 0. The van der Waals surface area contributed by atoms with E-state index in [4.69, 9.17) is 0 Å². The van der Waals surface area contributed by atoms with Crippen molar-refractivity contribution in [3.8, 4) is 11.5 Å². The molecule has 1 N–H and O–H groups in total. The van der Waals surface area contributed by atoms with Crippen molar-refractivity contribution < 1.29 is 5.11 Å². The maximum atomic E-state index is 9.53. The van der Waals surface area contributed by atoms with Gasteiger partial charge in [0.15, 0.2) is 5.82 Å². The van der Waals surface area contributed by atoms with Gasteiger partial charge < -0.3 is 10.0 Å². The normalized spacial score (nSPS) is 16.2. The molecule has 1 aliphatic rings. The molecule has 7 nitrogen and oxygen atoms in total. The highest BCUT2D eigenvalue weighted by Gasteiger charge is 2.24. The second kappa shape index (κ2) is 4.93. The molecule has 7 heteroatoms. The fraction of sp³-hybridized carbons (Fsp3) is 0.500. The van der Waals surface area contributed by atoms with E-state index in [1.54, 1.807) is 25.5 Å². The maximum absolute atomic E-state index is 9.53. The van der Waals surface area contributed by atoms with Gasteiger partial charge in [0.05, 0.1) is 12.3 Å². The monoisotopic (exact) mass is 260 g/mol. The molecule has 0 saturated heterocycles. The molecule has 0 aromatic carbocycles. The predicted octanol–water partition coefficient (Wildman–Crippen LogP) is 0.326. The molecule has 1 unspecified atom stereocenters. The van der Waals surface area contributed by atoms with Crippen molar-refractivity contribution in [3.05, 3.63) is 18.6 Å². The molecule has 2 aromatic heterocycles. The van der Waals surface area contributed by atoms with Gasteiger partial charge >= 0.3 is 0 Å². The minimum atomic E-state index is -0.386. The van der Waals surface area contributed by atoms with Gasteiger partial charge in [-0.1, -0.05) is 0 Å². The van der Waals surface area contributed by atoms with E-state index < -0.39 is 0 Å². The molecule has 3 rings (SSSR count). The Morgan fingerprint density at radius 3 is 2.95 bits per heavy atom. The van der Waals surface area contributed by atoms with Gasteiger partial charge in [-0.05, 0) is 13.3 Å². The van der Waals surface area contributed by atoms with Gasteiger partial charge in [0, 0.05) is 32.0 Å². The molecule has 1 aliphatic heterocycles. The van der Waals surface area contributed by atoms with Crippen molar-refractivity contribution in [2.45, 2.75) is 26.0 Å². The van der Waals surface area contributed by atoms with Crippen LogP contribution in [0, 0.1) is 0 Å². The van der Waals surface area contributed by atoms with Crippen molar-refractivity contribution in [3.63, 3.8) is 0 Å². The van der Waals surface area contributed by atoms with Crippen LogP contribution in [0.4, 0.5) is 5.95 Å². The number of anilines is 1. The van der Waals surface area contributed by atoms with E-state index in [-0.39, 0.29) is 6.10 Å². The SMILES string of the molecule is CC(O)CN1CCCn2c(-c3cnccn3)nnc21. The summed E-state index contributed by atoms with van der Waals surface area (Å²) in [7, 11) is 0. The predicted molar refractivity (Wildman–Crippen MR) is 69.6 cm³/mol. The fourth-order valence-corrected chi connectivity index (χ4v) is 2.35. The van der Waals surface area contributed by atoms with Crippen LogP contribution in [0.1, 0.15) is 13.3 Å². The first kappa shape index (κ1) is 12.0. The highest BCUT2D eigenvalue weighted by molar-refractivity contribution is 5.52. The molecule has 1 atom stereocenters. The summed E-state index contributed by atoms with van der Waals surface area (Å²) in [5.41, 5.74) is 0.722. The van der Waals surface area contributed by atoms with Crippen LogP contribution in [0.2, 0.25) is 0 Å². The highest BCUT2D eigenvalue weighted by atomic mass is 16.3. The van der Waals surface area contributed by atoms with Crippen LogP contribution in [0.5, 0.6) is 0 Å². The Labute approximate surface area is 110 Å². The van der Waals surface area contributed by atoms with E-state index in [1.165, 1.54) is 0 Å². The van der Waals surface area contributed by atoms with Crippen molar-refractivity contribution in [1.29, 1.82) is 0 Å². The molecule has 0 saturated carbocycles. The zero-order chi connectivity index (χ0) is 13.2. The third-order valence-corrected chi connectivity index (χ3v) is 3.10. The van der Waals surface area contributed by atoms with Crippen LogP contribution < -0.4 is 4.90 Å². The Bertz CT molecular complexity index is 553. The molecular formula is C12H16N6O. The first-order chi connectivity index (χ1) is 9.25. The summed E-state index contributed by atoms with van der Waals surface area (Å²) >= 11 is 0. The summed E-state index contributed by atoms with van der Waals surface area (Å²) in [4.78, 5) is 10.4. The molecule has 3 heterocycles. The topological polar surface area (TPSA) is 80.0 Å². The Hall–Kier alpha value is -2.02. The second-order valence-electron chi connectivity index (χ2n) is 4.71. The van der Waals surface area contributed by atoms with Crippen LogP contribution in [-0.2, 0) is 6.54 Å². The van der Waals surface area contributed by atoms with Crippen molar-refractivity contribution in [2.24, 2.45) is 0 Å². The van der Waals surface area contributed by atoms with E-state index in [0.717, 1.165) is 37.0 Å². The van der Waals surface area contributed by atoms with E-state index in [9.17, 15) is 5.11 Å². The lowest BCUT2D eigenvalue weighted by atomic mass is 10.3. The Morgan fingerprint density at radius 2 is 2.21 bits per heavy atom. The fourth-order valence-electron chi connectivity index (χ4n) is 2.35. The summed E-state index contributed by atoms with van der Waals surface area (Å²) < 4.78 is 2.04. The van der Waals surface area contributed by atoms with Gasteiger partial charge in [0.25, 0.3) is 0 Å². The Kier molecular flexibility index (Phi) is 3.12. The average Bonchev–Trinajstić information content (AvgIpc) is 2.84. The van der Waals surface area contributed by atoms with Gasteiger partial charge in [-0.15, -0.1) is 10.2 Å². The minimum Gasteiger partial charge on any atom is -0.392 e.